The zero-order chi connectivity index (χ0) is 15.6. The Morgan fingerprint density at radius 2 is 2.30 bits per heavy atom. The molecule has 0 bridgehead atoms. The quantitative estimate of drug-likeness (QED) is 0.803. The topological polar surface area (TPSA) is 64.9 Å². The highest BCUT2D eigenvalue weighted by atomic mass is 16.5. The van der Waals surface area contributed by atoms with Gasteiger partial charge in [-0.25, -0.2) is 14.6 Å². The van der Waals surface area contributed by atoms with E-state index in [4.69, 9.17) is 4.74 Å². The molecule has 2 aromatic heterocycles. The SMILES string of the molecule is Cc1cc(NCC2CCCO2)ccc1-n1ncc2cncnc21. The highest BCUT2D eigenvalue weighted by Gasteiger charge is 2.15. The number of aromatic nitrogens is 4. The van der Waals surface area contributed by atoms with Crippen LogP contribution in [0.2, 0.25) is 0 Å². The number of aryl methyl sites for hydroxylation is 1. The molecule has 3 heterocycles. The molecule has 0 saturated carbocycles. The first-order valence-electron chi connectivity index (χ1n) is 7.91. The minimum absolute atomic E-state index is 0.335. The lowest BCUT2D eigenvalue weighted by Gasteiger charge is -2.14. The summed E-state index contributed by atoms with van der Waals surface area (Å²) in [5.74, 6) is 0. The Balaban J connectivity index is 1.58. The van der Waals surface area contributed by atoms with Crippen molar-refractivity contribution < 1.29 is 4.74 Å². The van der Waals surface area contributed by atoms with Crippen LogP contribution in [0, 0.1) is 6.92 Å². The predicted molar refractivity (Wildman–Crippen MR) is 88.9 cm³/mol. The van der Waals surface area contributed by atoms with E-state index in [9.17, 15) is 0 Å². The molecule has 1 aliphatic heterocycles. The maximum atomic E-state index is 5.64. The average Bonchev–Trinajstić information content (AvgIpc) is 3.23. The summed E-state index contributed by atoms with van der Waals surface area (Å²) in [5.41, 5.74) is 4.10. The molecule has 1 N–H and O–H groups in total. The molecule has 0 spiro atoms. The van der Waals surface area contributed by atoms with Crippen molar-refractivity contribution in [2.75, 3.05) is 18.5 Å². The largest absolute Gasteiger partial charge is 0.382 e. The average molecular weight is 309 g/mol. The number of hydrogen-bond acceptors (Lipinski definition) is 5. The van der Waals surface area contributed by atoms with Gasteiger partial charge in [0.25, 0.3) is 0 Å². The number of ether oxygens (including phenoxy) is 1. The smallest absolute Gasteiger partial charge is 0.166 e. The number of rotatable bonds is 4. The summed E-state index contributed by atoms with van der Waals surface area (Å²) in [7, 11) is 0. The third kappa shape index (κ3) is 2.77. The van der Waals surface area contributed by atoms with E-state index in [1.807, 2.05) is 4.68 Å². The van der Waals surface area contributed by atoms with E-state index in [0.29, 0.717) is 6.10 Å². The Labute approximate surface area is 134 Å². The maximum absolute atomic E-state index is 5.64. The monoisotopic (exact) mass is 309 g/mol. The van der Waals surface area contributed by atoms with Gasteiger partial charge in [0.15, 0.2) is 5.65 Å². The number of benzene rings is 1. The fourth-order valence-electron chi connectivity index (χ4n) is 2.99. The molecule has 1 saturated heterocycles. The van der Waals surface area contributed by atoms with Gasteiger partial charge in [0.05, 0.1) is 23.4 Å². The van der Waals surface area contributed by atoms with Crippen LogP contribution >= 0.6 is 0 Å². The highest BCUT2D eigenvalue weighted by molar-refractivity contribution is 5.75. The Morgan fingerprint density at radius 3 is 3.13 bits per heavy atom. The van der Waals surface area contributed by atoms with Crippen molar-refractivity contribution in [3.8, 4) is 5.69 Å². The van der Waals surface area contributed by atoms with Gasteiger partial charge in [-0.2, -0.15) is 5.10 Å². The van der Waals surface area contributed by atoms with Gasteiger partial charge in [-0.15, -0.1) is 0 Å². The zero-order valence-corrected chi connectivity index (χ0v) is 13.1. The molecule has 6 heteroatoms. The normalized spacial score (nSPS) is 17.7. The second-order valence-electron chi connectivity index (χ2n) is 5.88. The summed E-state index contributed by atoms with van der Waals surface area (Å²) in [5, 5.41) is 8.83. The van der Waals surface area contributed by atoms with E-state index in [1.165, 1.54) is 6.42 Å². The number of hydrogen-bond donors (Lipinski definition) is 1. The maximum Gasteiger partial charge on any atom is 0.166 e. The molecular weight excluding hydrogens is 290 g/mol. The van der Waals surface area contributed by atoms with Crippen molar-refractivity contribution in [3.05, 3.63) is 42.5 Å². The van der Waals surface area contributed by atoms with E-state index >= 15 is 0 Å². The molecule has 1 unspecified atom stereocenters. The summed E-state index contributed by atoms with van der Waals surface area (Å²) in [6, 6.07) is 6.28. The van der Waals surface area contributed by atoms with Crippen LogP contribution in [0.3, 0.4) is 0 Å². The summed E-state index contributed by atoms with van der Waals surface area (Å²) < 4.78 is 7.50. The van der Waals surface area contributed by atoms with E-state index in [0.717, 1.165) is 47.5 Å². The fourth-order valence-corrected chi connectivity index (χ4v) is 2.99. The van der Waals surface area contributed by atoms with Gasteiger partial charge in [0.2, 0.25) is 0 Å². The molecule has 1 aromatic carbocycles. The van der Waals surface area contributed by atoms with E-state index in [-0.39, 0.29) is 0 Å². The molecule has 0 amide bonds. The van der Waals surface area contributed by atoms with Gasteiger partial charge >= 0.3 is 0 Å². The van der Waals surface area contributed by atoms with Gasteiger partial charge in [-0.3, -0.25) is 0 Å². The molecule has 23 heavy (non-hydrogen) atoms. The van der Waals surface area contributed by atoms with Crippen molar-refractivity contribution in [2.45, 2.75) is 25.9 Å². The van der Waals surface area contributed by atoms with Crippen LogP contribution < -0.4 is 5.32 Å². The molecule has 6 nitrogen and oxygen atoms in total. The van der Waals surface area contributed by atoms with Crippen LogP contribution in [0.5, 0.6) is 0 Å². The lowest BCUT2D eigenvalue weighted by molar-refractivity contribution is 0.120. The first-order valence-corrected chi connectivity index (χ1v) is 7.91. The first-order chi connectivity index (χ1) is 11.3. The fraction of sp³-hybridized carbons (Fsp3) is 0.353. The van der Waals surface area contributed by atoms with Crippen LogP contribution in [-0.4, -0.2) is 39.0 Å². The summed E-state index contributed by atoms with van der Waals surface area (Å²) >= 11 is 0. The molecule has 4 rings (SSSR count). The minimum atomic E-state index is 0.335. The van der Waals surface area contributed by atoms with Gasteiger partial charge in [0, 0.05) is 25.0 Å². The van der Waals surface area contributed by atoms with Crippen LogP contribution in [0.15, 0.2) is 36.9 Å². The van der Waals surface area contributed by atoms with Crippen LogP contribution in [0.4, 0.5) is 5.69 Å². The van der Waals surface area contributed by atoms with Crippen LogP contribution in [0.25, 0.3) is 16.7 Å². The molecule has 1 aliphatic rings. The van der Waals surface area contributed by atoms with Gasteiger partial charge in [-0.1, -0.05) is 0 Å². The Hall–Kier alpha value is -2.47. The summed E-state index contributed by atoms with van der Waals surface area (Å²) in [6.45, 7) is 3.83. The molecule has 0 aliphatic carbocycles. The van der Waals surface area contributed by atoms with E-state index in [2.05, 4.69) is 45.5 Å². The molecular formula is C17H19N5O. The van der Waals surface area contributed by atoms with Crippen molar-refractivity contribution in [1.82, 2.24) is 19.7 Å². The number of nitrogens with zero attached hydrogens (tertiary/aromatic N) is 4. The second kappa shape index (κ2) is 5.96. The van der Waals surface area contributed by atoms with E-state index < -0.39 is 0 Å². The van der Waals surface area contributed by atoms with Gasteiger partial charge in [0.1, 0.15) is 6.33 Å². The van der Waals surface area contributed by atoms with E-state index in [1.54, 1.807) is 18.7 Å². The third-order valence-electron chi connectivity index (χ3n) is 4.21. The molecule has 0 radical (unpaired) electrons. The van der Waals surface area contributed by atoms with Crippen molar-refractivity contribution in [2.24, 2.45) is 0 Å². The van der Waals surface area contributed by atoms with Gasteiger partial charge in [-0.05, 0) is 43.5 Å². The molecule has 1 fully saturated rings. The Bertz CT molecular complexity index is 823. The first kappa shape index (κ1) is 14.1. The van der Waals surface area contributed by atoms with Crippen molar-refractivity contribution in [1.29, 1.82) is 0 Å². The van der Waals surface area contributed by atoms with Crippen molar-refractivity contribution >= 4 is 16.7 Å². The van der Waals surface area contributed by atoms with Crippen LogP contribution in [0.1, 0.15) is 18.4 Å². The number of anilines is 1. The lowest BCUT2D eigenvalue weighted by Crippen LogP contribution is -2.18. The molecule has 1 atom stereocenters. The second-order valence-corrected chi connectivity index (χ2v) is 5.88. The Kier molecular flexibility index (Phi) is 3.67. The highest BCUT2D eigenvalue weighted by Crippen LogP contribution is 2.22. The Morgan fingerprint density at radius 1 is 1.35 bits per heavy atom. The predicted octanol–water partition coefficient (Wildman–Crippen LogP) is 2.71. The third-order valence-corrected chi connectivity index (χ3v) is 4.21. The molecule has 3 aromatic rings. The molecule has 118 valence electrons. The summed E-state index contributed by atoms with van der Waals surface area (Å²) in [4.78, 5) is 8.36. The van der Waals surface area contributed by atoms with Crippen molar-refractivity contribution in [3.63, 3.8) is 0 Å². The minimum Gasteiger partial charge on any atom is -0.382 e. The van der Waals surface area contributed by atoms with Gasteiger partial charge < -0.3 is 10.1 Å². The summed E-state index contributed by atoms with van der Waals surface area (Å²) in [6.07, 6.45) is 7.76. The lowest BCUT2D eigenvalue weighted by atomic mass is 10.1. The zero-order valence-electron chi connectivity index (χ0n) is 13.1. The number of fused-ring (bicyclic) bond motifs is 1. The number of nitrogens with one attached hydrogen (secondary N) is 1. The standard InChI is InChI=1S/C17H19N5O/c1-12-7-14(19-10-15-3-2-6-23-15)4-5-16(12)22-17-13(9-21-22)8-18-11-20-17/h4-5,7-9,11,15,19H,2-3,6,10H2,1H3. The van der Waals surface area contributed by atoms with Crippen LogP contribution in [-0.2, 0) is 4.74 Å².